The molecule has 2 saturated heterocycles. The Morgan fingerprint density at radius 3 is 2.50 bits per heavy atom. The number of hydrogen-bond donors (Lipinski definition) is 2. The van der Waals surface area contributed by atoms with E-state index in [4.69, 9.17) is 10.5 Å². The molecule has 0 amide bonds. The third-order valence-electron chi connectivity index (χ3n) is 8.07. The molecule has 46 heavy (non-hydrogen) atoms. The standard InChI is InChI=1S/C27H31F7N9O2P/c1-46(2,44)19-8-5-6-17-20-22(39-43(23(20)40-42(17)19)18-7-3-4-9-45-18)21-16(26(29,30)31)11-36-25(38-21)37-15-10-14(28)12-41(13-15)24(35)27(32,33)34/h5-6,8,11,14-15,18,24H,3-4,7,9-10,12-13,35H2,1-2H3,(H,36,37,38)/t14-,15-,18?,24?/m0/s1. The number of nitrogens with two attached hydrogens (primary N) is 1. The Bertz CT molecular complexity index is 1800. The highest BCUT2D eigenvalue weighted by molar-refractivity contribution is 7.69. The van der Waals surface area contributed by atoms with E-state index in [2.05, 4.69) is 25.5 Å². The van der Waals surface area contributed by atoms with Gasteiger partial charge in [0, 0.05) is 38.4 Å². The Labute approximate surface area is 257 Å². The van der Waals surface area contributed by atoms with Gasteiger partial charge in [0.05, 0.1) is 10.9 Å². The molecule has 2 fully saturated rings. The summed E-state index contributed by atoms with van der Waals surface area (Å²) >= 11 is 0. The smallest absolute Gasteiger partial charge is 0.356 e. The topological polar surface area (TPSA) is 128 Å². The fraction of sp³-hybridized carbons (Fsp3) is 0.556. The molecule has 250 valence electrons. The Morgan fingerprint density at radius 1 is 1.09 bits per heavy atom. The fourth-order valence-electron chi connectivity index (χ4n) is 5.96. The quantitative estimate of drug-likeness (QED) is 0.219. The monoisotopic (exact) mass is 677 g/mol. The average Bonchev–Trinajstić information content (AvgIpc) is 3.53. The summed E-state index contributed by atoms with van der Waals surface area (Å²) in [5.41, 5.74) is 4.13. The molecule has 0 saturated carbocycles. The summed E-state index contributed by atoms with van der Waals surface area (Å²) in [7, 11) is -2.91. The zero-order valence-electron chi connectivity index (χ0n) is 24.7. The van der Waals surface area contributed by atoms with Crippen molar-refractivity contribution < 1.29 is 40.0 Å². The summed E-state index contributed by atoms with van der Waals surface area (Å²) in [5, 5.41) is 12.1. The van der Waals surface area contributed by atoms with Crippen LogP contribution in [-0.4, -0.2) is 91.8 Å². The minimum absolute atomic E-state index is 0.188. The molecule has 6 rings (SSSR count). The van der Waals surface area contributed by atoms with Crippen molar-refractivity contribution in [2.45, 2.75) is 62.6 Å². The number of nitrogens with one attached hydrogen (secondary N) is 1. The first-order valence-corrected chi connectivity index (χ1v) is 17.1. The van der Waals surface area contributed by atoms with Crippen LogP contribution in [-0.2, 0) is 15.5 Å². The van der Waals surface area contributed by atoms with Gasteiger partial charge in [0.1, 0.15) is 35.7 Å². The molecule has 11 nitrogen and oxygen atoms in total. The zero-order chi connectivity index (χ0) is 33.2. The third kappa shape index (κ3) is 6.19. The number of hydrogen-bond acceptors (Lipinski definition) is 9. The summed E-state index contributed by atoms with van der Waals surface area (Å²) in [4.78, 5) is 8.67. The Hall–Kier alpha value is -3.34. The molecule has 0 aliphatic carbocycles. The summed E-state index contributed by atoms with van der Waals surface area (Å²) < 4.78 is 120. The molecule has 4 atom stereocenters. The van der Waals surface area contributed by atoms with Crippen LogP contribution in [0.3, 0.4) is 0 Å². The van der Waals surface area contributed by atoms with Crippen LogP contribution in [0.15, 0.2) is 24.4 Å². The summed E-state index contributed by atoms with van der Waals surface area (Å²) in [5.74, 6) is -0.372. The van der Waals surface area contributed by atoms with Crippen LogP contribution in [0, 0.1) is 0 Å². The first kappa shape index (κ1) is 32.6. The van der Waals surface area contributed by atoms with Gasteiger partial charge in [0.15, 0.2) is 18.0 Å². The van der Waals surface area contributed by atoms with Crippen LogP contribution in [0.25, 0.3) is 27.9 Å². The predicted octanol–water partition coefficient (Wildman–Crippen LogP) is 4.78. The molecule has 2 unspecified atom stereocenters. The molecular formula is C27H31F7N9O2P. The number of alkyl halides is 7. The second-order valence-electron chi connectivity index (χ2n) is 11.9. The molecule has 2 aliphatic rings. The lowest BCUT2D eigenvalue weighted by Crippen LogP contribution is -2.59. The number of anilines is 1. The molecule has 4 aromatic heterocycles. The van der Waals surface area contributed by atoms with Crippen molar-refractivity contribution in [2.24, 2.45) is 5.73 Å². The van der Waals surface area contributed by atoms with E-state index >= 15 is 0 Å². The molecule has 0 spiro atoms. The van der Waals surface area contributed by atoms with Crippen LogP contribution in [0.2, 0.25) is 0 Å². The minimum Gasteiger partial charge on any atom is -0.356 e. The second-order valence-corrected chi connectivity index (χ2v) is 15.1. The third-order valence-corrected chi connectivity index (χ3v) is 9.51. The molecule has 2 aliphatic heterocycles. The maximum absolute atomic E-state index is 14.5. The predicted molar refractivity (Wildman–Crippen MR) is 155 cm³/mol. The SMILES string of the molecule is CP(C)(=O)c1cccc2c3c(-c4nc(N[C@H]5C[C@H](F)CN(C(N)C(F)(F)F)C5)ncc4C(F)(F)F)nn(C4CCCCO4)c3nn12. The van der Waals surface area contributed by atoms with Crippen molar-refractivity contribution >= 4 is 35.1 Å². The van der Waals surface area contributed by atoms with Crippen molar-refractivity contribution in [3.63, 3.8) is 0 Å². The van der Waals surface area contributed by atoms with E-state index in [1.165, 1.54) is 9.20 Å². The van der Waals surface area contributed by atoms with Crippen LogP contribution < -0.4 is 16.5 Å². The molecule has 0 aromatic carbocycles. The van der Waals surface area contributed by atoms with Crippen molar-refractivity contribution in [2.75, 3.05) is 38.3 Å². The van der Waals surface area contributed by atoms with Crippen molar-refractivity contribution in [1.29, 1.82) is 0 Å². The highest BCUT2D eigenvalue weighted by atomic mass is 31.2. The summed E-state index contributed by atoms with van der Waals surface area (Å²) in [6.45, 7) is 2.58. The number of fused-ring (bicyclic) bond motifs is 3. The lowest BCUT2D eigenvalue weighted by atomic mass is 10.0. The number of likely N-dealkylation sites (tertiary alicyclic amines) is 1. The number of pyridine rings is 1. The normalized spacial score (nSPS) is 22.9. The Kier molecular flexibility index (Phi) is 8.30. The number of halogens is 7. The summed E-state index contributed by atoms with van der Waals surface area (Å²) in [6, 6.07) is 3.85. The van der Waals surface area contributed by atoms with E-state index in [0.29, 0.717) is 35.1 Å². The van der Waals surface area contributed by atoms with Crippen molar-refractivity contribution in [1.82, 2.24) is 34.3 Å². The van der Waals surface area contributed by atoms with Gasteiger partial charge in [-0.15, -0.1) is 5.10 Å². The van der Waals surface area contributed by atoms with Crippen molar-refractivity contribution in [3.05, 3.63) is 30.0 Å². The number of nitrogens with zero attached hydrogens (tertiary/aromatic N) is 7. The van der Waals surface area contributed by atoms with E-state index in [-0.39, 0.29) is 35.6 Å². The molecule has 6 heterocycles. The number of rotatable bonds is 6. The lowest BCUT2D eigenvalue weighted by molar-refractivity contribution is -0.187. The van der Waals surface area contributed by atoms with E-state index in [0.717, 1.165) is 12.8 Å². The van der Waals surface area contributed by atoms with Gasteiger partial charge in [-0.3, -0.25) is 4.90 Å². The average molecular weight is 678 g/mol. The van der Waals surface area contributed by atoms with Gasteiger partial charge >= 0.3 is 12.4 Å². The first-order valence-electron chi connectivity index (χ1n) is 14.5. The molecule has 0 radical (unpaired) electrons. The fourth-order valence-corrected chi connectivity index (χ4v) is 7.01. The van der Waals surface area contributed by atoms with E-state index in [1.807, 2.05) is 0 Å². The van der Waals surface area contributed by atoms with E-state index < -0.39 is 61.9 Å². The highest BCUT2D eigenvalue weighted by Gasteiger charge is 2.44. The number of aromatic nitrogens is 6. The minimum atomic E-state index is -4.94. The first-order chi connectivity index (χ1) is 21.5. The lowest BCUT2D eigenvalue weighted by Gasteiger charge is -2.38. The Morgan fingerprint density at radius 2 is 1.85 bits per heavy atom. The van der Waals surface area contributed by atoms with Gasteiger partial charge < -0.3 is 20.4 Å². The number of piperidine rings is 1. The van der Waals surface area contributed by atoms with Gasteiger partial charge in [0.2, 0.25) is 5.95 Å². The maximum atomic E-state index is 14.5. The van der Waals surface area contributed by atoms with Gasteiger partial charge in [-0.1, -0.05) is 6.07 Å². The van der Waals surface area contributed by atoms with Crippen LogP contribution in [0.5, 0.6) is 0 Å². The molecule has 3 N–H and O–H groups in total. The van der Waals surface area contributed by atoms with E-state index in [9.17, 15) is 35.3 Å². The summed E-state index contributed by atoms with van der Waals surface area (Å²) in [6.07, 6.45) is -12.1. The van der Waals surface area contributed by atoms with Gasteiger partial charge in [0.25, 0.3) is 0 Å². The largest absolute Gasteiger partial charge is 0.420 e. The molecule has 19 heteroatoms. The van der Waals surface area contributed by atoms with Gasteiger partial charge in [-0.2, -0.15) is 31.4 Å². The Balaban J connectivity index is 1.50. The number of ether oxygens (including phenoxy) is 1. The highest BCUT2D eigenvalue weighted by Crippen LogP contribution is 2.42. The van der Waals surface area contributed by atoms with Crippen molar-refractivity contribution in [3.8, 4) is 11.4 Å². The molecule has 0 bridgehead atoms. The van der Waals surface area contributed by atoms with Crippen LogP contribution in [0.4, 0.5) is 36.7 Å². The molecule has 4 aromatic rings. The van der Waals surface area contributed by atoms with Gasteiger partial charge in [-0.25, -0.2) is 23.6 Å². The van der Waals surface area contributed by atoms with Gasteiger partial charge in [-0.05, 0) is 44.7 Å². The van der Waals surface area contributed by atoms with Crippen LogP contribution in [0.1, 0.15) is 37.5 Å². The second kappa shape index (κ2) is 11.7. The maximum Gasteiger partial charge on any atom is 0.420 e. The van der Waals surface area contributed by atoms with E-state index in [1.54, 1.807) is 31.5 Å². The zero-order valence-corrected chi connectivity index (χ0v) is 25.6. The molecular weight excluding hydrogens is 646 g/mol. The van der Waals surface area contributed by atoms with Crippen LogP contribution >= 0.6 is 7.14 Å².